The van der Waals surface area contributed by atoms with Gasteiger partial charge in [0.15, 0.2) is 0 Å². The second-order valence-electron chi connectivity index (χ2n) is 5.73. The van der Waals surface area contributed by atoms with E-state index in [1.165, 1.54) is 11.1 Å². The average molecular weight is 296 g/mol. The van der Waals surface area contributed by atoms with Crippen LogP contribution in [-0.2, 0) is 13.1 Å². The van der Waals surface area contributed by atoms with Crippen molar-refractivity contribution in [1.82, 2.24) is 9.80 Å². The maximum absolute atomic E-state index is 2.55. The molecule has 2 rings (SSSR count). The number of rotatable bonds is 8. The van der Waals surface area contributed by atoms with Crippen LogP contribution in [0.3, 0.4) is 0 Å². The highest BCUT2D eigenvalue weighted by Gasteiger charge is 2.19. The zero-order chi connectivity index (χ0) is 15.8. The summed E-state index contributed by atoms with van der Waals surface area (Å²) in [5.74, 6) is 0. The standard InChI is InChI=1S/C20H28N2/c1-4-21(5-2)18(3)22(16-19-12-8-6-9-13-19)17-20-14-10-7-11-15-20/h6-15,18H,4-5,16-17H2,1-3H3. The van der Waals surface area contributed by atoms with Crippen LogP contribution in [0.2, 0.25) is 0 Å². The van der Waals surface area contributed by atoms with Crippen molar-refractivity contribution >= 4 is 0 Å². The summed E-state index contributed by atoms with van der Waals surface area (Å²) in [7, 11) is 0. The summed E-state index contributed by atoms with van der Waals surface area (Å²) < 4.78 is 0. The highest BCUT2D eigenvalue weighted by molar-refractivity contribution is 5.17. The van der Waals surface area contributed by atoms with E-state index >= 15 is 0 Å². The Morgan fingerprint density at radius 2 is 1.09 bits per heavy atom. The van der Waals surface area contributed by atoms with Gasteiger partial charge in [0, 0.05) is 13.1 Å². The molecular formula is C20H28N2. The molecule has 0 saturated carbocycles. The Hall–Kier alpha value is -1.64. The van der Waals surface area contributed by atoms with E-state index in [2.05, 4.69) is 91.2 Å². The van der Waals surface area contributed by atoms with E-state index in [0.717, 1.165) is 26.2 Å². The highest BCUT2D eigenvalue weighted by atomic mass is 15.3. The molecule has 118 valence electrons. The molecule has 22 heavy (non-hydrogen) atoms. The Bertz CT molecular complexity index is 478. The molecule has 0 N–H and O–H groups in total. The van der Waals surface area contributed by atoms with E-state index in [0.29, 0.717) is 6.17 Å². The molecule has 0 fully saturated rings. The van der Waals surface area contributed by atoms with Gasteiger partial charge in [-0.25, -0.2) is 0 Å². The molecule has 0 bridgehead atoms. The summed E-state index contributed by atoms with van der Waals surface area (Å²) in [6, 6.07) is 21.5. The molecule has 0 aliphatic heterocycles. The zero-order valence-corrected chi connectivity index (χ0v) is 14.1. The van der Waals surface area contributed by atoms with E-state index in [1.54, 1.807) is 0 Å². The minimum Gasteiger partial charge on any atom is -0.289 e. The Morgan fingerprint density at radius 1 is 0.682 bits per heavy atom. The van der Waals surface area contributed by atoms with Gasteiger partial charge in [-0.3, -0.25) is 9.80 Å². The fourth-order valence-electron chi connectivity index (χ4n) is 2.94. The van der Waals surface area contributed by atoms with Crippen LogP contribution in [0.5, 0.6) is 0 Å². The van der Waals surface area contributed by atoms with Gasteiger partial charge in [0.1, 0.15) is 0 Å². The maximum atomic E-state index is 2.55. The molecule has 1 atom stereocenters. The summed E-state index contributed by atoms with van der Waals surface area (Å²) in [5.41, 5.74) is 2.75. The van der Waals surface area contributed by atoms with Crippen LogP contribution in [0.1, 0.15) is 31.9 Å². The minimum absolute atomic E-state index is 0.426. The molecule has 0 aliphatic carbocycles. The van der Waals surface area contributed by atoms with Gasteiger partial charge in [0.05, 0.1) is 6.17 Å². The van der Waals surface area contributed by atoms with Gasteiger partial charge < -0.3 is 0 Å². The molecular weight excluding hydrogens is 268 g/mol. The summed E-state index contributed by atoms with van der Waals surface area (Å²) in [4.78, 5) is 5.06. The first-order chi connectivity index (χ1) is 10.7. The molecule has 0 saturated heterocycles. The molecule has 1 unspecified atom stereocenters. The Balaban J connectivity index is 2.16. The molecule has 0 aromatic heterocycles. The normalized spacial score (nSPS) is 12.8. The molecule has 0 radical (unpaired) electrons. The number of hydrogen-bond acceptors (Lipinski definition) is 2. The third-order valence-corrected chi connectivity index (χ3v) is 4.33. The molecule has 2 aromatic rings. The Labute approximate surface area is 135 Å². The average Bonchev–Trinajstić information content (AvgIpc) is 2.57. The van der Waals surface area contributed by atoms with Gasteiger partial charge in [-0.05, 0) is 31.1 Å². The van der Waals surface area contributed by atoms with Gasteiger partial charge in [-0.2, -0.15) is 0 Å². The largest absolute Gasteiger partial charge is 0.289 e. The van der Waals surface area contributed by atoms with E-state index in [9.17, 15) is 0 Å². The number of benzene rings is 2. The zero-order valence-electron chi connectivity index (χ0n) is 14.1. The maximum Gasteiger partial charge on any atom is 0.0599 e. The summed E-state index contributed by atoms with van der Waals surface area (Å²) in [6.07, 6.45) is 0.426. The third kappa shape index (κ3) is 4.69. The van der Waals surface area contributed by atoms with Gasteiger partial charge >= 0.3 is 0 Å². The van der Waals surface area contributed by atoms with Crippen LogP contribution in [0.25, 0.3) is 0 Å². The predicted molar refractivity (Wildman–Crippen MR) is 94.5 cm³/mol. The van der Waals surface area contributed by atoms with Gasteiger partial charge in [-0.15, -0.1) is 0 Å². The highest BCUT2D eigenvalue weighted by Crippen LogP contribution is 2.15. The fourth-order valence-corrected chi connectivity index (χ4v) is 2.94. The lowest BCUT2D eigenvalue weighted by atomic mass is 10.1. The van der Waals surface area contributed by atoms with Crippen molar-refractivity contribution in [3.63, 3.8) is 0 Å². The molecule has 2 nitrogen and oxygen atoms in total. The van der Waals surface area contributed by atoms with Crippen LogP contribution in [-0.4, -0.2) is 29.1 Å². The van der Waals surface area contributed by atoms with E-state index in [1.807, 2.05) is 0 Å². The van der Waals surface area contributed by atoms with Crippen molar-refractivity contribution in [1.29, 1.82) is 0 Å². The molecule has 0 spiro atoms. The first kappa shape index (κ1) is 16.7. The quantitative estimate of drug-likeness (QED) is 0.667. The van der Waals surface area contributed by atoms with Crippen LogP contribution in [0.15, 0.2) is 60.7 Å². The van der Waals surface area contributed by atoms with Gasteiger partial charge in [0.25, 0.3) is 0 Å². The predicted octanol–water partition coefficient (Wildman–Crippen LogP) is 4.38. The lowest BCUT2D eigenvalue weighted by Gasteiger charge is -2.37. The molecule has 2 aromatic carbocycles. The van der Waals surface area contributed by atoms with Crippen LogP contribution >= 0.6 is 0 Å². The van der Waals surface area contributed by atoms with Crippen molar-refractivity contribution in [2.24, 2.45) is 0 Å². The van der Waals surface area contributed by atoms with E-state index in [4.69, 9.17) is 0 Å². The monoisotopic (exact) mass is 296 g/mol. The summed E-state index contributed by atoms with van der Waals surface area (Å²) >= 11 is 0. The fraction of sp³-hybridized carbons (Fsp3) is 0.400. The summed E-state index contributed by atoms with van der Waals surface area (Å²) in [5, 5.41) is 0. The second kappa shape index (κ2) is 8.72. The lowest BCUT2D eigenvalue weighted by molar-refractivity contribution is 0.0498. The van der Waals surface area contributed by atoms with Crippen molar-refractivity contribution in [3.8, 4) is 0 Å². The smallest absolute Gasteiger partial charge is 0.0599 e. The van der Waals surface area contributed by atoms with Crippen molar-refractivity contribution in [3.05, 3.63) is 71.8 Å². The number of nitrogens with zero attached hydrogens (tertiary/aromatic N) is 2. The van der Waals surface area contributed by atoms with Crippen molar-refractivity contribution in [2.45, 2.75) is 40.0 Å². The summed E-state index contributed by atoms with van der Waals surface area (Å²) in [6.45, 7) is 10.9. The Morgan fingerprint density at radius 3 is 1.45 bits per heavy atom. The Kier molecular flexibility index (Phi) is 6.63. The van der Waals surface area contributed by atoms with Gasteiger partial charge in [0.2, 0.25) is 0 Å². The van der Waals surface area contributed by atoms with E-state index in [-0.39, 0.29) is 0 Å². The first-order valence-electron chi connectivity index (χ1n) is 8.30. The van der Waals surface area contributed by atoms with Crippen molar-refractivity contribution < 1.29 is 0 Å². The van der Waals surface area contributed by atoms with E-state index < -0.39 is 0 Å². The molecule has 2 heteroatoms. The topological polar surface area (TPSA) is 6.48 Å². The molecule has 0 aliphatic rings. The second-order valence-corrected chi connectivity index (χ2v) is 5.73. The van der Waals surface area contributed by atoms with Gasteiger partial charge in [-0.1, -0.05) is 74.5 Å². The number of hydrogen-bond donors (Lipinski definition) is 0. The third-order valence-electron chi connectivity index (χ3n) is 4.33. The first-order valence-corrected chi connectivity index (χ1v) is 8.30. The van der Waals surface area contributed by atoms with Crippen LogP contribution in [0, 0.1) is 0 Å². The molecule has 0 heterocycles. The molecule has 0 amide bonds. The minimum atomic E-state index is 0.426. The lowest BCUT2D eigenvalue weighted by Crippen LogP contribution is -2.45. The SMILES string of the molecule is CCN(CC)C(C)N(Cc1ccccc1)Cc1ccccc1. The van der Waals surface area contributed by atoms with Crippen molar-refractivity contribution in [2.75, 3.05) is 13.1 Å². The van der Waals surface area contributed by atoms with Crippen LogP contribution < -0.4 is 0 Å². The van der Waals surface area contributed by atoms with Crippen LogP contribution in [0.4, 0.5) is 0 Å².